The lowest BCUT2D eigenvalue weighted by atomic mass is 10.2. The summed E-state index contributed by atoms with van der Waals surface area (Å²) in [6.07, 6.45) is 4.70. The second kappa shape index (κ2) is 8.86. The van der Waals surface area contributed by atoms with Gasteiger partial charge < -0.3 is 19.4 Å². The van der Waals surface area contributed by atoms with Gasteiger partial charge in [-0.3, -0.25) is 4.90 Å². The van der Waals surface area contributed by atoms with Crippen molar-refractivity contribution in [3.05, 3.63) is 35.7 Å². The molecule has 2 amide bonds. The van der Waals surface area contributed by atoms with E-state index in [2.05, 4.69) is 10.2 Å². The monoisotopic (exact) mass is 398 g/mol. The number of carbonyl (C=O) groups is 1. The molecule has 2 aliphatic rings. The van der Waals surface area contributed by atoms with E-state index in [1.807, 2.05) is 36.1 Å². The smallest absolute Gasteiger partial charge is 0.317 e. The molecule has 1 saturated heterocycles. The number of amides is 2. The highest BCUT2D eigenvalue weighted by Gasteiger charge is 2.25. The average Bonchev–Trinajstić information content (AvgIpc) is 3.38. The van der Waals surface area contributed by atoms with Crippen LogP contribution in [0, 0.1) is 6.92 Å². The summed E-state index contributed by atoms with van der Waals surface area (Å²) >= 11 is 0. The molecule has 2 heterocycles. The number of rotatable bonds is 5. The molecule has 1 N–H and O–H groups in total. The van der Waals surface area contributed by atoms with E-state index in [0.29, 0.717) is 11.9 Å². The fourth-order valence-corrected chi connectivity index (χ4v) is 4.09. The zero-order valence-corrected chi connectivity index (χ0v) is 17.3. The van der Waals surface area contributed by atoms with Crippen LogP contribution in [0.5, 0.6) is 5.75 Å². The summed E-state index contributed by atoms with van der Waals surface area (Å²) in [5.74, 6) is 2.29. The van der Waals surface area contributed by atoms with Gasteiger partial charge in [0.15, 0.2) is 0 Å². The number of nitrogens with one attached hydrogen (secondary N) is 1. The lowest BCUT2D eigenvalue weighted by Crippen LogP contribution is -2.52. The second-order valence-electron chi connectivity index (χ2n) is 7.94. The second-order valence-corrected chi connectivity index (χ2v) is 7.94. The van der Waals surface area contributed by atoms with Crippen LogP contribution in [0.15, 0.2) is 28.7 Å². The molecule has 2 fully saturated rings. The van der Waals surface area contributed by atoms with E-state index in [4.69, 9.17) is 14.1 Å². The number of hydrogen-bond donors (Lipinski definition) is 1. The standard InChI is InChI=1S/C22H30N4O3/c1-16-20(24-21(29-16)17-7-9-19(28-2)10-8-17)15-25-11-13-26(14-12-25)22(27)23-18-5-3-4-6-18/h7-10,18H,3-6,11-15H2,1-2H3,(H,23,27). The molecule has 29 heavy (non-hydrogen) atoms. The van der Waals surface area contributed by atoms with Crippen molar-refractivity contribution in [2.45, 2.75) is 45.2 Å². The van der Waals surface area contributed by atoms with Gasteiger partial charge in [0, 0.05) is 44.3 Å². The average molecular weight is 399 g/mol. The first-order chi connectivity index (χ1) is 14.1. The van der Waals surface area contributed by atoms with Crippen LogP contribution in [0.1, 0.15) is 37.1 Å². The molecule has 0 unspecified atom stereocenters. The van der Waals surface area contributed by atoms with Crippen LogP contribution in [-0.2, 0) is 6.54 Å². The Kier molecular flexibility index (Phi) is 6.04. The maximum absolute atomic E-state index is 12.4. The van der Waals surface area contributed by atoms with Gasteiger partial charge in [-0.1, -0.05) is 12.8 Å². The van der Waals surface area contributed by atoms with Crippen molar-refractivity contribution >= 4 is 6.03 Å². The molecule has 4 rings (SSSR count). The van der Waals surface area contributed by atoms with Gasteiger partial charge in [-0.2, -0.15) is 0 Å². The van der Waals surface area contributed by atoms with Crippen molar-refractivity contribution in [3.8, 4) is 17.2 Å². The largest absolute Gasteiger partial charge is 0.497 e. The van der Waals surface area contributed by atoms with Crippen LogP contribution in [0.4, 0.5) is 4.79 Å². The van der Waals surface area contributed by atoms with Crippen LogP contribution in [0.3, 0.4) is 0 Å². The third kappa shape index (κ3) is 4.72. The molecular weight excluding hydrogens is 368 g/mol. The van der Waals surface area contributed by atoms with Gasteiger partial charge in [0.05, 0.1) is 12.8 Å². The normalized spacial score (nSPS) is 18.2. The van der Waals surface area contributed by atoms with Crippen LogP contribution < -0.4 is 10.1 Å². The van der Waals surface area contributed by atoms with Crippen molar-refractivity contribution < 1.29 is 13.9 Å². The number of oxazole rings is 1. The lowest BCUT2D eigenvalue weighted by Gasteiger charge is -2.35. The maximum atomic E-state index is 12.4. The number of hydrogen-bond acceptors (Lipinski definition) is 5. The predicted molar refractivity (Wildman–Crippen MR) is 111 cm³/mol. The highest BCUT2D eigenvalue weighted by atomic mass is 16.5. The first kappa shape index (κ1) is 19.8. The number of methoxy groups -OCH3 is 1. The molecule has 7 heteroatoms. The Bertz CT molecular complexity index is 819. The minimum Gasteiger partial charge on any atom is -0.497 e. The van der Waals surface area contributed by atoms with E-state index in [0.717, 1.165) is 68.3 Å². The highest BCUT2D eigenvalue weighted by molar-refractivity contribution is 5.74. The topological polar surface area (TPSA) is 70.8 Å². The third-order valence-electron chi connectivity index (χ3n) is 5.95. The molecule has 1 aromatic heterocycles. The molecule has 2 aromatic rings. The quantitative estimate of drug-likeness (QED) is 0.836. The van der Waals surface area contributed by atoms with Gasteiger partial charge in [-0.15, -0.1) is 0 Å². The molecule has 7 nitrogen and oxygen atoms in total. The number of urea groups is 1. The van der Waals surface area contributed by atoms with Crippen molar-refractivity contribution in [2.24, 2.45) is 0 Å². The van der Waals surface area contributed by atoms with E-state index in [9.17, 15) is 4.79 Å². The van der Waals surface area contributed by atoms with Crippen molar-refractivity contribution in [2.75, 3.05) is 33.3 Å². The van der Waals surface area contributed by atoms with Crippen LogP contribution in [-0.4, -0.2) is 60.1 Å². The van der Waals surface area contributed by atoms with E-state index in [1.165, 1.54) is 12.8 Å². The van der Waals surface area contributed by atoms with E-state index in [1.54, 1.807) is 7.11 Å². The SMILES string of the molecule is COc1ccc(-c2nc(CN3CCN(C(=O)NC4CCCC4)CC3)c(C)o2)cc1. The molecule has 156 valence electrons. The Hall–Kier alpha value is -2.54. The summed E-state index contributed by atoms with van der Waals surface area (Å²) in [7, 11) is 1.65. The number of aryl methyl sites for hydroxylation is 1. The van der Waals surface area contributed by atoms with Crippen LogP contribution in [0.25, 0.3) is 11.5 Å². The Morgan fingerprint density at radius 1 is 1.17 bits per heavy atom. The molecule has 1 aliphatic carbocycles. The number of carbonyl (C=O) groups excluding carboxylic acids is 1. The molecule has 1 aromatic carbocycles. The van der Waals surface area contributed by atoms with Gasteiger partial charge in [0.2, 0.25) is 5.89 Å². The highest BCUT2D eigenvalue weighted by Crippen LogP contribution is 2.25. The molecule has 1 aliphatic heterocycles. The molecule has 0 atom stereocenters. The number of ether oxygens (including phenoxy) is 1. The van der Waals surface area contributed by atoms with Crippen molar-refractivity contribution in [1.82, 2.24) is 20.1 Å². The number of piperazine rings is 1. The van der Waals surface area contributed by atoms with Gasteiger partial charge in [0.25, 0.3) is 0 Å². The lowest BCUT2D eigenvalue weighted by molar-refractivity contribution is 0.132. The summed E-state index contributed by atoms with van der Waals surface area (Å²) in [5.41, 5.74) is 1.90. The van der Waals surface area contributed by atoms with E-state index >= 15 is 0 Å². The molecular formula is C22H30N4O3. The Morgan fingerprint density at radius 3 is 2.52 bits per heavy atom. The molecule has 0 bridgehead atoms. The van der Waals surface area contributed by atoms with E-state index in [-0.39, 0.29) is 6.03 Å². The van der Waals surface area contributed by atoms with Gasteiger partial charge in [0.1, 0.15) is 11.5 Å². The number of aromatic nitrogens is 1. The van der Waals surface area contributed by atoms with Crippen molar-refractivity contribution in [1.29, 1.82) is 0 Å². The fraction of sp³-hybridized carbons (Fsp3) is 0.545. The van der Waals surface area contributed by atoms with Crippen molar-refractivity contribution in [3.63, 3.8) is 0 Å². The summed E-state index contributed by atoms with van der Waals surface area (Å²) in [6, 6.07) is 8.19. The Morgan fingerprint density at radius 2 is 1.86 bits per heavy atom. The van der Waals surface area contributed by atoms with Gasteiger partial charge >= 0.3 is 6.03 Å². The minimum atomic E-state index is 0.0935. The third-order valence-corrected chi connectivity index (χ3v) is 5.95. The minimum absolute atomic E-state index is 0.0935. The van der Waals surface area contributed by atoms with Crippen LogP contribution in [0.2, 0.25) is 0 Å². The first-order valence-electron chi connectivity index (χ1n) is 10.5. The summed E-state index contributed by atoms with van der Waals surface area (Å²) in [4.78, 5) is 21.4. The number of nitrogens with zero attached hydrogens (tertiary/aromatic N) is 3. The van der Waals surface area contributed by atoms with Gasteiger partial charge in [-0.05, 0) is 44.0 Å². The Balaban J connectivity index is 1.31. The predicted octanol–water partition coefficient (Wildman–Crippen LogP) is 3.43. The summed E-state index contributed by atoms with van der Waals surface area (Å²) in [5, 5.41) is 3.18. The fourth-order valence-electron chi connectivity index (χ4n) is 4.09. The van der Waals surface area contributed by atoms with E-state index < -0.39 is 0 Å². The molecule has 0 spiro atoms. The summed E-state index contributed by atoms with van der Waals surface area (Å²) in [6.45, 7) is 5.90. The number of benzene rings is 1. The molecule has 1 saturated carbocycles. The maximum Gasteiger partial charge on any atom is 0.317 e. The van der Waals surface area contributed by atoms with Crippen LogP contribution >= 0.6 is 0 Å². The zero-order valence-electron chi connectivity index (χ0n) is 17.3. The van der Waals surface area contributed by atoms with Gasteiger partial charge in [-0.25, -0.2) is 9.78 Å². The summed E-state index contributed by atoms with van der Waals surface area (Å²) < 4.78 is 11.1. The Labute approximate surface area is 172 Å². The zero-order chi connectivity index (χ0) is 20.2. The molecule has 0 radical (unpaired) electrons. The first-order valence-corrected chi connectivity index (χ1v) is 10.5.